The lowest BCUT2D eigenvalue weighted by Crippen LogP contribution is -2.44. The molecule has 1 aliphatic carbocycles. The van der Waals surface area contributed by atoms with Gasteiger partial charge in [0.25, 0.3) is 0 Å². The monoisotopic (exact) mass is 496 g/mol. The molecule has 0 saturated heterocycles. The Kier molecular flexibility index (Phi) is 8.75. The second-order valence-corrected chi connectivity index (χ2v) is 7.50. The van der Waals surface area contributed by atoms with Crippen LogP contribution in [0.4, 0.5) is 0 Å². The first-order valence-corrected chi connectivity index (χ1v) is 9.85. The average Bonchev–Trinajstić information content (AvgIpc) is 3.40. The molecule has 2 N–H and O–H groups in total. The van der Waals surface area contributed by atoms with Crippen molar-refractivity contribution >= 4 is 29.9 Å². The van der Waals surface area contributed by atoms with Gasteiger partial charge in [0.1, 0.15) is 5.82 Å². The Hall–Kier alpha value is -1.61. The topological polar surface area (TPSA) is 59.6 Å². The van der Waals surface area contributed by atoms with Gasteiger partial charge in [-0.25, -0.2) is 4.98 Å². The third-order valence-corrected chi connectivity index (χ3v) is 5.01. The predicted octanol–water partition coefficient (Wildman–Crippen LogP) is 3.57. The first-order chi connectivity index (χ1) is 13.1. The van der Waals surface area contributed by atoms with Gasteiger partial charge in [0, 0.05) is 39.3 Å². The number of benzene rings is 1. The zero-order valence-electron chi connectivity index (χ0n) is 17.4. The quantitative estimate of drug-likeness (QED) is 0.333. The van der Waals surface area contributed by atoms with Crippen LogP contribution in [0.3, 0.4) is 0 Å². The van der Waals surface area contributed by atoms with Gasteiger partial charge in [-0.15, -0.1) is 24.0 Å². The van der Waals surface area contributed by atoms with E-state index in [1.807, 2.05) is 38.5 Å². The van der Waals surface area contributed by atoms with Crippen LogP contribution in [0.15, 0.2) is 41.5 Å². The summed E-state index contributed by atoms with van der Waals surface area (Å²) >= 11 is 0. The minimum Gasteiger partial charge on any atom is -0.355 e. The summed E-state index contributed by atoms with van der Waals surface area (Å²) in [5.41, 5.74) is 2.19. The van der Waals surface area contributed by atoms with E-state index >= 15 is 0 Å². The Morgan fingerprint density at radius 3 is 2.61 bits per heavy atom. The van der Waals surface area contributed by atoms with E-state index in [-0.39, 0.29) is 24.0 Å². The number of hydrogen-bond acceptors (Lipinski definition) is 3. The normalized spacial score (nSPS) is 14.3. The average molecular weight is 496 g/mol. The third kappa shape index (κ3) is 6.20. The summed E-state index contributed by atoms with van der Waals surface area (Å²) in [5, 5.41) is 3.49. The number of aromatic nitrogens is 2. The van der Waals surface area contributed by atoms with E-state index in [2.05, 4.69) is 56.1 Å². The van der Waals surface area contributed by atoms with Gasteiger partial charge in [-0.2, -0.15) is 0 Å². The molecule has 1 aliphatic rings. The van der Waals surface area contributed by atoms with Crippen LogP contribution in [0.1, 0.15) is 32.5 Å². The molecule has 0 bridgehead atoms. The van der Waals surface area contributed by atoms with E-state index in [9.17, 15) is 0 Å². The molecule has 28 heavy (non-hydrogen) atoms. The van der Waals surface area contributed by atoms with Gasteiger partial charge in [0.2, 0.25) is 0 Å². The van der Waals surface area contributed by atoms with Crippen LogP contribution in [-0.2, 0) is 6.54 Å². The first kappa shape index (κ1) is 22.7. The Bertz CT molecular complexity index is 736. The van der Waals surface area contributed by atoms with Crippen LogP contribution in [0.2, 0.25) is 0 Å². The number of halogens is 1. The van der Waals surface area contributed by atoms with Crippen molar-refractivity contribution in [3.05, 3.63) is 42.4 Å². The molecule has 1 heterocycles. The number of nitrogens with zero attached hydrogens (tertiary/aromatic N) is 4. The number of nitrogens with one attached hydrogen (secondary N) is 2. The number of imidazole rings is 1. The van der Waals surface area contributed by atoms with Crippen molar-refractivity contribution in [2.24, 2.45) is 4.99 Å². The molecular formula is C21H33IN6. The highest BCUT2D eigenvalue weighted by molar-refractivity contribution is 14.0. The van der Waals surface area contributed by atoms with E-state index in [0.29, 0.717) is 12.6 Å². The summed E-state index contributed by atoms with van der Waals surface area (Å²) < 4.78 is 0. The second-order valence-electron chi connectivity index (χ2n) is 7.50. The maximum Gasteiger partial charge on any atom is 0.193 e. The number of aromatic amines is 1. The molecule has 154 valence electrons. The van der Waals surface area contributed by atoms with Gasteiger partial charge in [-0.1, -0.05) is 30.3 Å². The highest BCUT2D eigenvalue weighted by atomic mass is 127. The van der Waals surface area contributed by atoms with Crippen LogP contribution < -0.4 is 5.32 Å². The zero-order chi connectivity index (χ0) is 19.2. The van der Waals surface area contributed by atoms with Crippen molar-refractivity contribution < 1.29 is 0 Å². The predicted molar refractivity (Wildman–Crippen MR) is 127 cm³/mol. The minimum absolute atomic E-state index is 0. The molecule has 0 unspecified atom stereocenters. The van der Waals surface area contributed by atoms with Crippen LogP contribution in [0.5, 0.6) is 0 Å². The fourth-order valence-corrected chi connectivity index (χ4v) is 3.46. The van der Waals surface area contributed by atoms with Crippen molar-refractivity contribution in [1.82, 2.24) is 25.1 Å². The highest BCUT2D eigenvalue weighted by Crippen LogP contribution is 2.27. The number of rotatable bonds is 8. The van der Waals surface area contributed by atoms with E-state index in [1.165, 1.54) is 12.8 Å². The molecule has 3 rings (SSSR count). The molecule has 0 radical (unpaired) electrons. The number of H-pyrrole nitrogens is 1. The molecule has 6 nitrogen and oxygen atoms in total. The molecule has 7 heteroatoms. The largest absolute Gasteiger partial charge is 0.355 e. The summed E-state index contributed by atoms with van der Waals surface area (Å²) in [6, 6.07) is 11.6. The fraction of sp³-hybridized carbons (Fsp3) is 0.524. The summed E-state index contributed by atoms with van der Waals surface area (Å²) in [4.78, 5) is 17.0. The maximum absolute atomic E-state index is 4.52. The number of hydrogen-bond donors (Lipinski definition) is 2. The van der Waals surface area contributed by atoms with Crippen molar-refractivity contribution in [1.29, 1.82) is 0 Å². The summed E-state index contributed by atoms with van der Waals surface area (Å²) in [5.74, 6) is 1.83. The lowest BCUT2D eigenvalue weighted by Gasteiger charge is -2.27. The van der Waals surface area contributed by atoms with Crippen molar-refractivity contribution in [2.45, 2.75) is 45.3 Å². The van der Waals surface area contributed by atoms with Gasteiger partial charge < -0.3 is 15.2 Å². The molecule has 1 aromatic carbocycles. The van der Waals surface area contributed by atoms with Gasteiger partial charge >= 0.3 is 0 Å². The SMILES string of the molecule is CN=C(NCCN(C(C)C)C1CC1)N(C)Cc1ncc(-c2ccccc2)[nH]1.I. The molecule has 0 spiro atoms. The summed E-state index contributed by atoms with van der Waals surface area (Å²) in [6.45, 7) is 7.19. The first-order valence-electron chi connectivity index (χ1n) is 9.85. The van der Waals surface area contributed by atoms with Gasteiger partial charge in [-0.05, 0) is 32.3 Å². The fourth-order valence-electron chi connectivity index (χ4n) is 3.46. The molecule has 0 atom stereocenters. The molecular weight excluding hydrogens is 463 g/mol. The molecule has 1 fully saturated rings. The van der Waals surface area contributed by atoms with Crippen LogP contribution >= 0.6 is 24.0 Å². The Balaban J connectivity index is 0.00000280. The van der Waals surface area contributed by atoms with Gasteiger partial charge in [0.05, 0.1) is 18.4 Å². The smallest absolute Gasteiger partial charge is 0.193 e. The molecule has 0 aliphatic heterocycles. The van der Waals surface area contributed by atoms with Gasteiger partial charge in [0.15, 0.2) is 5.96 Å². The van der Waals surface area contributed by atoms with E-state index in [4.69, 9.17) is 0 Å². The Labute approximate surface area is 185 Å². The summed E-state index contributed by atoms with van der Waals surface area (Å²) in [7, 11) is 3.87. The Morgan fingerprint density at radius 2 is 2.00 bits per heavy atom. The number of guanidine groups is 1. The highest BCUT2D eigenvalue weighted by Gasteiger charge is 2.30. The lowest BCUT2D eigenvalue weighted by atomic mass is 10.2. The number of aliphatic imine (C=N–C) groups is 1. The van der Waals surface area contributed by atoms with Crippen molar-refractivity contribution in [3.63, 3.8) is 0 Å². The van der Waals surface area contributed by atoms with E-state index < -0.39 is 0 Å². The minimum atomic E-state index is 0. The Morgan fingerprint density at radius 1 is 1.29 bits per heavy atom. The van der Waals surface area contributed by atoms with E-state index in [0.717, 1.165) is 42.2 Å². The van der Waals surface area contributed by atoms with Gasteiger partial charge in [-0.3, -0.25) is 9.89 Å². The summed E-state index contributed by atoms with van der Waals surface area (Å²) in [6.07, 6.45) is 4.58. The van der Waals surface area contributed by atoms with Crippen LogP contribution in [0.25, 0.3) is 11.3 Å². The molecule has 0 amide bonds. The van der Waals surface area contributed by atoms with Crippen molar-refractivity contribution in [3.8, 4) is 11.3 Å². The van der Waals surface area contributed by atoms with Crippen molar-refractivity contribution in [2.75, 3.05) is 27.2 Å². The van der Waals surface area contributed by atoms with Crippen LogP contribution in [-0.4, -0.2) is 65.0 Å². The van der Waals surface area contributed by atoms with Crippen LogP contribution in [0, 0.1) is 0 Å². The third-order valence-electron chi connectivity index (χ3n) is 5.01. The second kappa shape index (κ2) is 10.8. The zero-order valence-corrected chi connectivity index (χ0v) is 19.7. The molecule has 1 aromatic heterocycles. The molecule has 2 aromatic rings. The standard InChI is InChI=1S/C21H32N6.HI/c1-16(2)27(18-10-11-18)13-12-23-21(22-3)26(4)15-20-24-14-19(25-20)17-8-6-5-7-9-17;/h5-9,14,16,18H,10-13,15H2,1-4H3,(H,22,23)(H,24,25);1H. The maximum atomic E-state index is 4.52. The molecule has 1 saturated carbocycles. The lowest BCUT2D eigenvalue weighted by molar-refractivity contribution is 0.214. The van der Waals surface area contributed by atoms with E-state index in [1.54, 1.807) is 0 Å².